The molecule has 0 spiro atoms. The molecule has 3 amide bonds. The predicted molar refractivity (Wildman–Crippen MR) is 77.7 cm³/mol. The van der Waals surface area contributed by atoms with Gasteiger partial charge < -0.3 is 10.4 Å². The van der Waals surface area contributed by atoms with Gasteiger partial charge in [-0.1, -0.05) is 19.3 Å². The van der Waals surface area contributed by atoms with E-state index in [0.717, 1.165) is 38.5 Å². The first-order chi connectivity index (χ1) is 10.0. The first-order valence-electron chi connectivity index (χ1n) is 8.10. The Bertz CT molecular complexity index is 410. The van der Waals surface area contributed by atoms with Crippen molar-refractivity contribution in [3.8, 4) is 0 Å². The van der Waals surface area contributed by atoms with Crippen LogP contribution in [0.4, 0.5) is 4.79 Å². The molecule has 3 N–H and O–H groups in total. The highest BCUT2D eigenvalue weighted by Gasteiger charge is 2.51. The Morgan fingerprint density at radius 1 is 1.10 bits per heavy atom. The standard InChI is InChI=1S/C15H25N3O3/c19-13(8-18-9-15(21,10-18)11-6-7-11)17-14(20)16-12-4-2-1-3-5-12/h11-12,21H,1-10H2,(H2,16,17,19,20). The molecule has 6 nitrogen and oxygen atoms in total. The number of nitrogens with zero attached hydrogens (tertiary/aromatic N) is 1. The smallest absolute Gasteiger partial charge is 0.321 e. The minimum atomic E-state index is -0.579. The van der Waals surface area contributed by atoms with E-state index in [9.17, 15) is 14.7 Å². The third kappa shape index (κ3) is 3.74. The molecule has 1 aliphatic heterocycles. The second-order valence-electron chi connectivity index (χ2n) is 6.88. The molecule has 6 heteroatoms. The number of amides is 3. The second-order valence-corrected chi connectivity index (χ2v) is 6.88. The van der Waals surface area contributed by atoms with E-state index in [1.165, 1.54) is 6.42 Å². The lowest BCUT2D eigenvalue weighted by molar-refractivity contribution is -0.135. The molecule has 0 aromatic heterocycles. The summed E-state index contributed by atoms with van der Waals surface area (Å²) in [4.78, 5) is 25.4. The van der Waals surface area contributed by atoms with Crippen molar-refractivity contribution in [3.63, 3.8) is 0 Å². The molecule has 3 fully saturated rings. The summed E-state index contributed by atoms with van der Waals surface area (Å²) < 4.78 is 0. The van der Waals surface area contributed by atoms with Gasteiger partial charge in [0.15, 0.2) is 0 Å². The summed E-state index contributed by atoms with van der Waals surface area (Å²) in [6, 6.07) is -0.180. The van der Waals surface area contributed by atoms with E-state index < -0.39 is 5.60 Å². The van der Waals surface area contributed by atoms with Crippen LogP contribution in [0.5, 0.6) is 0 Å². The number of imide groups is 1. The number of hydrogen-bond acceptors (Lipinski definition) is 4. The Labute approximate surface area is 125 Å². The second kappa shape index (κ2) is 5.93. The summed E-state index contributed by atoms with van der Waals surface area (Å²) in [5.74, 6) is 0.132. The summed E-state index contributed by atoms with van der Waals surface area (Å²) in [5.41, 5.74) is -0.579. The first-order valence-corrected chi connectivity index (χ1v) is 8.10. The third-order valence-electron chi connectivity index (χ3n) is 4.89. The maximum Gasteiger partial charge on any atom is 0.321 e. The lowest BCUT2D eigenvalue weighted by Crippen LogP contribution is -2.64. The van der Waals surface area contributed by atoms with Crippen LogP contribution in [-0.4, -0.2) is 53.2 Å². The zero-order valence-electron chi connectivity index (χ0n) is 12.4. The Morgan fingerprint density at radius 2 is 1.76 bits per heavy atom. The van der Waals surface area contributed by atoms with E-state index in [1.54, 1.807) is 0 Å². The Kier molecular flexibility index (Phi) is 4.17. The van der Waals surface area contributed by atoms with E-state index in [1.807, 2.05) is 4.90 Å². The average Bonchev–Trinajstić information content (AvgIpc) is 3.22. The molecule has 0 aromatic carbocycles. The highest BCUT2D eigenvalue weighted by molar-refractivity contribution is 5.95. The van der Waals surface area contributed by atoms with Gasteiger partial charge in [0.2, 0.25) is 5.91 Å². The topological polar surface area (TPSA) is 81.7 Å². The van der Waals surface area contributed by atoms with Crippen LogP contribution in [0.15, 0.2) is 0 Å². The zero-order chi connectivity index (χ0) is 14.9. The molecule has 0 atom stereocenters. The molecule has 118 valence electrons. The number of nitrogens with one attached hydrogen (secondary N) is 2. The molecule has 0 radical (unpaired) electrons. The fraction of sp³-hybridized carbons (Fsp3) is 0.867. The van der Waals surface area contributed by atoms with Gasteiger partial charge in [0.05, 0.1) is 12.1 Å². The number of β-amino-alcohol motifs (C(OH)–C–C–N with tert-alkyl or cyclic N) is 1. The molecule has 3 aliphatic rings. The van der Waals surface area contributed by atoms with Crippen molar-refractivity contribution in [3.05, 3.63) is 0 Å². The van der Waals surface area contributed by atoms with Crippen LogP contribution in [0.3, 0.4) is 0 Å². The fourth-order valence-electron chi connectivity index (χ4n) is 3.56. The van der Waals surface area contributed by atoms with E-state index in [4.69, 9.17) is 0 Å². The minimum Gasteiger partial charge on any atom is -0.387 e. The molecule has 1 heterocycles. The number of carbonyl (C=O) groups excluding carboxylic acids is 2. The summed E-state index contributed by atoms with van der Waals surface area (Å²) in [6.45, 7) is 1.29. The molecule has 1 saturated heterocycles. The van der Waals surface area contributed by atoms with E-state index >= 15 is 0 Å². The van der Waals surface area contributed by atoms with Gasteiger partial charge in [-0.05, 0) is 31.6 Å². The molecule has 3 rings (SSSR count). The van der Waals surface area contributed by atoms with Gasteiger partial charge in [0.25, 0.3) is 0 Å². The Balaban J connectivity index is 1.33. The molecular weight excluding hydrogens is 270 g/mol. The van der Waals surface area contributed by atoms with Crippen LogP contribution in [0.2, 0.25) is 0 Å². The number of likely N-dealkylation sites (tertiary alicyclic amines) is 1. The SMILES string of the molecule is O=C(CN1CC(O)(C2CC2)C1)NC(=O)NC1CCCCC1. The maximum absolute atomic E-state index is 11.8. The molecule has 0 bridgehead atoms. The lowest BCUT2D eigenvalue weighted by Gasteiger charge is -2.46. The predicted octanol–water partition coefficient (Wildman–Crippen LogP) is 0.602. The highest BCUT2D eigenvalue weighted by Crippen LogP contribution is 2.44. The number of hydrogen-bond donors (Lipinski definition) is 3. The number of urea groups is 1. The lowest BCUT2D eigenvalue weighted by atomic mass is 9.89. The average molecular weight is 295 g/mol. The molecular formula is C15H25N3O3. The Hall–Kier alpha value is -1.14. The number of carbonyl (C=O) groups is 2. The largest absolute Gasteiger partial charge is 0.387 e. The molecule has 2 aliphatic carbocycles. The van der Waals surface area contributed by atoms with Crippen LogP contribution >= 0.6 is 0 Å². The Morgan fingerprint density at radius 3 is 2.38 bits per heavy atom. The van der Waals surface area contributed by atoms with Gasteiger partial charge in [0.1, 0.15) is 0 Å². The van der Waals surface area contributed by atoms with Crippen molar-refractivity contribution in [2.75, 3.05) is 19.6 Å². The van der Waals surface area contributed by atoms with E-state index in [0.29, 0.717) is 19.0 Å². The molecule has 2 saturated carbocycles. The quantitative estimate of drug-likeness (QED) is 0.709. The van der Waals surface area contributed by atoms with Crippen molar-refractivity contribution in [1.82, 2.24) is 15.5 Å². The monoisotopic (exact) mass is 295 g/mol. The van der Waals surface area contributed by atoms with Crippen molar-refractivity contribution >= 4 is 11.9 Å². The zero-order valence-corrected chi connectivity index (χ0v) is 12.4. The summed E-state index contributed by atoms with van der Waals surface area (Å²) >= 11 is 0. The van der Waals surface area contributed by atoms with Gasteiger partial charge in [-0.25, -0.2) is 4.79 Å². The summed E-state index contributed by atoms with van der Waals surface area (Å²) in [6.07, 6.45) is 7.72. The minimum absolute atomic E-state index is 0.188. The third-order valence-corrected chi connectivity index (χ3v) is 4.89. The molecule has 0 aromatic rings. The number of rotatable bonds is 4. The van der Waals surface area contributed by atoms with Crippen LogP contribution in [0.25, 0.3) is 0 Å². The summed E-state index contributed by atoms with van der Waals surface area (Å²) in [7, 11) is 0. The van der Waals surface area contributed by atoms with Crippen molar-refractivity contribution in [1.29, 1.82) is 0 Å². The molecule has 21 heavy (non-hydrogen) atoms. The van der Waals surface area contributed by atoms with Gasteiger partial charge in [-0.2, -0.15) is 0 Å². The van der Waals surface area contributed by atoms with Crippen LogP contribution in [-0.2, 0) is 4.79 Å². The van der Waals surface area contributed by atoms with Crippen molar-refractivity contribution in [2.45, 2.75) is 56.6 Å². The van der Waals surface area contributed by atoms with Gasteiger partial charge in [-0.15, -0.1) is 0 Å². The van der Waals surface area contributed by atoms with E-state index in [2.05, 4.69) is 10.6 Å². The summed E-state index contributed by atoms with van der Waals surface area (Å²) in [5, 5.41) is 15.4. The van der Waals surface area contributed by atoms with Crippen LogP contribution < -0.4 is 10.6 Å². The maximum atomic E-state index is 11.8. The van der Waals surface area contributed by atoms with Crippen molar-refractivity contribution < 1.29 is 14.7 Å². The van der Waals surface area contributed by atoms with Gasteiger partial charge in [0, 0.05) is 19.1 Å². The number of aliphatic hydroxyl groups is 1. The van der Waals surface area contributed by atoms with Gasteiger partial charge >= 0.3 is 6.03 Å². The van der Waals surface area contributed by atoms with Crippen LogP contribution in [0, 0.1) is 5.92 Å². The molecule has 0 unspecified atom stereocenters. The normalized spacial score (nSPS) is 26.0. The van der Waals surface area contributed by atoms with Gasteiger partial charge in [-0.3, -0.25) is 15.0 Å². The highest BCUT2D eigenvalue weighted by atomic mass is 16.3. The van der Waals surface area contributed by atoms with E-state index in [-0.39, 0.29) is 24.5 Å². The van der Waals surface area contributed by atoms with Crippen LogP contribution in [0.1, 0.15) is 44.9 Å². The fourth-order valence-corrected chi connectivity index (χ4v) is 3.56. The van der Waals surface area contributed by atoms with Crippen molar-refractivity contribution in [2.24, 2.45) is 5.92 Å². The first kappa shape index (κ1) is 14.8.